The molecule has 1 rings (SSSR count). The SMILES string of the molecule is OOC1(OO)/C=C\CCCCCCCCC1. The molecule has 0 radical (unpaired) electrons. The summed E-state index contributed by atoms with van der Waals surface area (Å²) in [5.41, 5.74) is 0. The van der Waals surface area contributed by atoms with Crippen molar-refractivity contribution in [3.63, 3.8) is 0 Å². The van der Waals surface area contributed by atoms with E-state index in [0.717, 1.165) is 25.7 Å². The quantitative estimate of drug-likeness (QED) is 0.328. The third-order valence-electron chi connectivity index (χ3n) is 3.08. The Balaban J connectivity index is 2.54. The van der Waals surface area contributed by atoms with Crippen molar-refractivity contribution in [2.24, 2.45) is 0 Å². The fourth-order valence-corrected chi connectivity index (χ4v) is 2.03. The molecule has 0 saturated carbocycles. The third-order valence-corrected chi connectivity index (χ3v) is 3.08. The monoisotopic (exact) mass is 230 g/mol. The van der Waals surface area contributed by atoms with Gasteiger partial charge in [-0.25, -0.2) is 10.5 Å². The Morgan fingerprint density at radius 3 is 2.00 bits per heavy atom. The van der Waals surface area contributed by atoms with E-state index in [4.69, 9.17) is 10.5 Å². The number of hydrogen-bond acceptors (Lipinski definition) is 4. The van der Waals surface area contributed by atoms with Crippen LogP contribution in [-0.4, -0.2) is 16.3 Å². The molecule has 1 aliphatic rings. The molecule has 2 N–H and O–H groups in total. The van der Waals surface area contributed by atoms with Crippen LogP contribution in [-0.2, 0) is 9.78 Å². The zero-order chi connectivity index (χ0) is 11.7. The maximum atomic E-state index is 8.81. The number of allylic oxidation sites excluding steroid dienone is 1. The second-order valence-electron chi connectivity index (χ2n) is 4.41. The normalized spacial score (nSPS) is 25.4. The van der Waals surface area contributed by atoms with E-state index in [1.165, 1.54) is 25.7 Å². The average Bonchev–Trinajstić information content (AvgIpc) is 2.31. The summed E-state index contributed by atoms with van der Waals surface area (Å²) in [6, 6.07) is 0. The van der Waals surface area contributed by atoms with Crippen molar-refractivity contribution in [2.45, 2.75) is 63.6 Å². The molecule has 0 unspecified atom stereocenters. The van der Waals surface area contributed by atoms with Gasteiger partial charge in [-0.1, -0.05) is 38.2 Å². The molecular formula is C12H22O4. The minimum atomic E-state index is -1.36. The lowest BCUT2D eigenvalue weighted by Crippen LogP contribution is -2.31. The maximum absolute atomic E-state index is 8.81. The number of rotatable bonds is 2. The second kappa shape index (κ2) is 7.79. The van der Waals surface area contributed by atoms with Crippen LogP contribution in [0, 0.1) is 0 Å². The van der Waals surface area contributed by atoms with Gasteiger partial charge < -0.3 is 0 Å². The van der Waals surface area contributed by atoms with E-state index in [-0.39, 0.29) is 0 Å². The highest BCUT2D eigenvalue weighted by Crippen LogP contribution is 2.23. The predicted octanol–water partition coefficient (Wildman–Crippen LogP) is 3.74. The van der Waals surface area contributed by atoms with Crippen LogP contribution in [0.4, 0.5) is 0 Å². The van der Waals surface area contributed by atoms with Crippen LogP contribution in [0.2, 0.25) is 0 Å². The van der Waals surface area contributed by atoms with Gasteiger partial charge in [0.25, 0.3) is 5.79 Å². The van der Waals surface area contributed by atoms with Crippen LogP contribution in [0.15, 0.2) is 12.2 Å². The van der Waals surface area contributed by atoms with Gasteiger partial charge in [-0.2, -0.15) is 9.78 Å². The van der Waals surface area contributed by atoms with Crippen LogP contribution in [0.5, 0.6) is 0 Å². The Labute approximate surface area is 96.7 Å². The first-order valence-corrected chi connectivity index (χ1v) is 6.16. The topological polar surface area (TPSA) is 58.9 Å². The van der Waals surface area contributed by atoms with Gasteiger partial charge in [-0.15, -0.1) is 0 Å². The first kappa shape index (κ1) is 13.6. The molecule has 4 heteroatoms. The van der Waals surface area contributed by atoms with Gasteiger partial charge in [-0.05, 0) is 25.3 Å². The Bertz CT molecular complexity index is 199. The van der Waals surface area contributed by atoms with Gasteiger partial charge >= 0.3 is 0 Å². The average molecular weight is 230 g/mol. The minimum Gasteiger partial charge on any atom is -0.248 e. The van der Waals surface area contributed by atoms with Gasteiger partial charge in [0.15, 0.2) is 0 Å². The lowest BCUT2D eigenvalue weighted by Gasteiger charge is -2.23. The highest BCUT2D eigenvalue weighted by Gasteiger charge is 2.29. The highest BCUT2D eigenvalue weighted by molar-refractivity contribution is 4.95. The summed E-state index contributed by atoms with van der Waals surface area (Å²) in [6.07, 6.45) is 12.9. The Morgan fingerprint density at radius 1 is 0.812 bits per heavy atom. The molecule has 0 aromatic rings. The van der Waals surface area contributed by atoms with Crippen molar-refractivity contribution >= 4 is 0 Å². The first-order valence-electron chi connectivity index (χ1n) is 6.16. The van der Waals surface area contributed by atoms with Crippen LogP contribution < -0.4 is 0 Å². The second-order valence-corrected chi connectivity index (χ2v) is 4.41. The molecule has 0 aromatic carbocycles. The zero-order valence-electron chi connectivity index (χ0n) is 9.73. The van der Waals surface area contributed by atoms with Crippen molar-refractivity contribution in [1.82, 2.24) is 0 Å². The molecule has 0 aromatic heterocycles. The van der Waals surface area contributed by atoms with Crippen LogP contribution in [0.25, 0.3) is 0 Å². The molecule has 0 fully saturated rings. The van der Waals surface area contributed by atoms with Gasteiger partial charge in [0.05, 0.1) is 0 Å². The van der Waals surface area contributed by atoms with Gasteiger partial charge in [-0.3, -0.25) is 0 Å². The van der Waals surface area contributed by atoms with Gasteiger partial charge in [0, 0.05) is 6.42 Å². The molecular weight excluding hydrogens is 208 g/mol. The standard InChI is InChI=1S/C12H22O4/c13-15-12(16-14)10-8-6-4-2-1-3-5-7-9-11-12/h8,10,13-14H,1-7,9,11H2/b10-8-. The maximum Gasteiger partial charge on any atom is 0.251 e. The lowest BCUT2D eigenvalue weighted by molar-refractivity contribution is -0.470. The summed E-state index contributed by atoms with van der Waals surface area (Å²) in [5, 5.41) is 17.6. The summed E-state index contributed by atoms with van der Waals surface area (Å²) >= 11 is 0. The predicted molar refractivity (Wildman–Crippen MR) is 60.9 cm³/mol. The minimum absolute atomic E-state index is 0.469. The van der Waals surface area contributed by atoms with E-state index in [9.17, 15) is 0 Å². The lowest BCUT2D eigenvalue weighted by atomic mass is 10.0. The van der Waals surface area contributed by atoms with E-state index in [2.05, 4.69) is 9.78 Å². The van der Waals surface area contributed by atoms with Gasteiger partial charge in [0.2, 0.25) is 0 Å². The van der Waals surface area contributed by atoms with Gasteiger partial charge in [0.1, 0.15) is 0 Å². The molecule has 0 saturated heterocycles. The van der Waals surface area contributed by atoms with Crippen molar-refractivity contribution in [2.75, 3.05) is 0 Å². The van der Waals surface area contributed by atoms with Crippen molar-refractivity contribution in [1.29, 1.82) is 0 Å². The van der Waals surface area contributed by atoms with E-state index >= 15 is 0 Å². The van der Waals surface area contributed by atoms with E-state index in [1.807, 2.05) is 6.08 Å². The molecule has 94 valence electrons. The highest BCUT2D eigenvalue weighted by atomic mass is 17.2. The van der Waals surface area contributed by atoms with Crippen LogP contribution >= 0.6 is 0 Å². The van der Waals surface area contributed by atoms with E-state index in [1.54, 1.807) is 6.08 Å². The number of hydrogen-bond donors (Lipinski definition) is 2. The molecule has 1 aliphatic carbocycles. The molecule has 0 atom stereocenters. The molecule has 0 heterocycles. The van der Waals surface area contributed by atoms with Crippen molar-refractivity contribution < 1.29 is 20.3 Å². The largest absolute Gasteiger partial charge is 0.251 e. The summed E-state index contributed by atoms with van der Waals surface area (Å²) < 4.78 is 0. The van der Waals surface area contributed by atoms with Crippen molar-refractivity contribution in [3.05, 3.63) is 12.2 Å². The molecule has 0 spiro atoms. The fourth-order valence-electron chi connectivity index (χ4n) is 2.03. The Hall–Kier alpha value is -0.420. The summed E-state index contributed by atoms with van der Waals surface area (Å²) in [4.78, 5) is 8.55. The Morgan fingerprint density at radius 2 is 1.38 bits per heavy atom. The summed E-state index contributed by atoms with van der Waals surface area (Å²) in [6.45, 7) is 0. The molecule has 4 nitrogen and oxygen atoms in total. The third kappa shape index (κ3) is 4.61. The van der Waals surface area contributed by atoms with Crippen molar-refractivity contribution in [3.8, 4) is 0 Å². The zero-order valence-corrected chi connectivity index (χ0v) is 9.73. The van der Waals surface area contributed by atoms with Crippen LogP contribution in [0.3, 0.4) is 0 Å². The molecule has 0 amide bonds. The van der Waals surface area contributed by atoms with Crippen LogP contribution in [0.1, 0.15) is 57.8 Å². The van der Waals surface area contributed by atoms with E-state index in [0.29, 0.717) is 6.42 Å². The molecule has 0 aliphatic heterocycles. The molecule has 16 heavy (non-hydrogen) atoms. The summed E-state index contributed by atoms with van der Waals surface area (Å²) in [5.74, 6) is -1.36. The Kier molecular flexibility index (Phi) is 6.64. The first-order chi connectivity index (χ1) is 7.83. The smallest absolute Gasteiger partial charge is 0.248 e. The fraction of sp³-hybridized carbons (Fsp3) is 0.833. The van der Waals surface area contributed by atoms with E-state index < -0.39 is 5.79 Å². The summed E-state index contributed by atoms with van der Waals surface area (Å²) in [7, 11) is 0. The molecule has 0 bridgehead atoms.